The fourth-order valence-electron chi connectivity index (χ4n) is 1.58. The van der Waals surface area contributed by atoms with Crippen LogP contribution in [0.3, 0.4) is 0 Å². The summed E-state index contributed by atoms with van der Waals surface area (Å²) in [5.41, 5.74) is 0. The number of fused-ring (bicyclic) bond motifs is 1. The third-order valence-electron chi connectivity index (χ3n) is 2.38. The number of aliphatic carboxylic acids is 1. The van der Waals surface area contributed by atoms with Crippen molar-refractivity contribution in [2.45, 2.75) is 6.42 Å². The van der Waals surface area contributed by atoms with Gasteiger partial charge in [0.1, 0.15) is 0 Å². The molecule has 3 unspecified atom stereocenters. The molecular formula is C7H8O2. The highest BCUT2D eigenvalue weighted by Crippen LogP contribution is 2.48. The van der Waals surface area contributed by atoms with Gasteiger partial charge in [-0.05, 0) is 18.3 Å². The lowest BCUT2D eigenvalue weighted by Crippen LogP contribution is -2.43. The van der Waals surface area contributed by atoms with Crippen LogP contribution in [-0.4, -0.2) is 11.1 Å². The van der Waals surface area contributed by atoms with Gasteiger partial charge in [0.2, 0.25) is 0 Å². The van der Waals surface area contributed by atoms with Gasteiger partial charge in [-0.1, -0.05) is 12.2 Å². The highest BCUT2D eigenvalue weighted by molar-refractivity contribution is 5.73. The smallest absolute Gasteiger partial charge is 0.307 e. The molecule has 0 aliphatic heterocycles. The monoisotopic (exact) mass is 124 g/mol. The second kappa shape index (κ2) is 1.38. The van der Waals surface area contributed by atoms with Crippen LogP contribution in [0.2, 0.25) is 0 Å². The number of hydrogen-bond donors (Lipinski definition) is 1. The Bertz CT molecular complexity index is 183. The first-order valence-corrected chi connectivity index (χ1v) is 3.20. The average Bonchev–Trinajstić information content (AvgIpc) is 1.76. The van der Waals surface area contributed by atoms with E-state index < -0.39 is 5.97 Å². The molecule has 9 heavy (non-hydrogen) atoms. The van der Waals surface area contributed by atoms with Crippen molar-refractivity contribution in [1.82, 2.24) is 0 Å². The van der Waals surface area contributed by atoms with Crippen molar-refractivity contribution in [1.29, 1.82) is 0 Å². The lowest BCUT2D eigenvalue weighted by molar-refractivity contribution is -0.149. The van der Waals surface area contributed by atoms with Gasteiger partial charge in [0.05, 0.1) is 5.92 Å². The summed E-state index contributed by atoms with van der Waals surface area (Å²) in [6.07, 6.45) is 4.98. The van der Waals surface area contributed by atoms with Gasteiger partial charge in [-0.25, -0.2) is 0 Å². The molecule has 2 nitrogen and oxygen atoms in total. The van der Waals surface area contributed by atoms with E-state index in [-0.39, 0.29) is 5.92 Å². The van der Waals surface area contributed by atoms with Crippen LogP contribution >= 0.6 is 0 Å². The van der Waals surface area contributed by atoms with Crippen LogP contribution in [0, 0.1) is 17.8 Å². The Hall–Kier alpha value is -0.790. The van der Waals surface area contributed by atoms with E-state index in [1.165, 1.54) is 0 Å². The molecule has 1 N–H and O–H groups in total. The highest BCUT2D eigenvalue weighted by Gasteiger charge is 2.46. The Morgan fingerprint density at radius 3 is 2.44 bits per heavy atom. The zero-order chi connectivity index (χ0) is 6.43. The third-order valence-corrected chi connectivity index (χ3v) is 2.38. The maximum atomic E-state index is 10.3. The van der Waals surface area contributed by atoms with E-state index >= 15 is 0 Å². The molecule has 0 amide bonds. The number of carboxylic acids is 1. The van der Waals surface area contributed by atoms with Crippen molar-refractivity contribution < 1.29 is 9.90 Å². The van der Waals surface area contributed by atoms with E-state index in [0.717, 1.165) is 6.42 Å². The van der Waals surface area contributed by atoms with Gasteiger partial charge in [0, 0.05) is 0 Å². The van der Waals surface area contributed by atoms with Crippen LogP contribution in [-0.2, 0) is 4.79 Å². The van der Waals surface area contributed by atoms with Gasteiger partial charge in [-0.2, -0.15) is 0 Å². The molecule has 0 heterocycles. The summed E-state index contributed by atoms with van der Waals surface area (Å²) in [6.45, 7) is 0. The van der Waals surface area contributed by atoms with Crippen LogP contribution in [0.15, 0.2) is 12.2 Å². The number of hydrogen-bond acceptors (Lipinski definition) is 1. The van der Waals surface area contributed by atoms with Gasteiger partial charge >= 0.3 is 5.97 Å². The molecule has 1 saturated carbocycles. The van der Waals surface area contributed by atoms with Crippen LogP contribution in [0.4, 0.5) is 0 Å². The van der Waals surface area contributed by atoms with E-state index in [4.69, 9.17) is 5.11 Å². The molecule has 0 bridgehead atoms. The van der Waals surface area contributed by atoms with Crippen molar-refractivity contribution in [3.05, 3.63) is 12.2 Å². The molecule has 2 heteroatoms. The summed E-state index contributed by atoms with van der Waals surface area (Å²) < 4.78 is 0. The first kappa shape index (κ1) is 5.03. The maximum absolute atomic E-state index is 10.3. The standard InChI is InChI=1S/C7H8O2/c8-7(9)6-3-4-1-2-5(4)6/h1-2,4-6H,3H2,(H,8,9). The Morgan fingerprint density at radius 1 is 1.56 bits per heavy atom. The van der Waals surface area contributed by atoms with Crippen LogP contribution in [0.5, 0.6) is 0 Å². The molecule has 0 radical (unpaired) electrons. The second-order valence-corrected chi connectivity index (χ2v) is 2.81. The zero-order valence-electron chi connectivity index (χ0n) is 4.95. The molecule has 2 rings (SSSR count). The fourth-order valence-corrected chi connectivity index (χ4v) is 1.58. The minimum absolute atomic E-state index is 0.0556. The maximum Gasteiger partial charge on any atom is 0.307 e. The number of carbonyl (C=O) groups is 1. The number of rotatable bonds is 1. The SMILES string of the molecule is O=C(O)C1CC2C=CC21. The second-order valence-electron chi connectivity index (χ2n) is 2.81. The first-order valence-electron chi connectivity index (χ1n) is 3.20. The highest BCUT2D eigenvalue weighted by atomic mass is 16.4. The number of allylic oxidation sites excluding steroid dienone is 2. The summed E-state index contributed by atoms with van der Waals surface area (Å²) in [7, 11) is 0. The van der Waals surface area contributed by atoms with Gasteiger partial charge < -0.3 is 5.11 Å². The van der Waals surface area contributed by atoms with Crippen LogP contribution in [0.1, 0.15) is 6.42 Å². The van der Waals surface area contributed by atoms with Gasteiger partial charge in [-0.15, -0.1) is 0 Å². The van der Waals surface area contributed by atoms with E-state index in [9.17, 15) is 4.79 Å². The third kappa shape index (κ3) is 0.479. The summed E-state index contributed by atoms with van der Waals surface area (Å²) in [5.74, 6) is 0.328. The minimum atomic E-state index is -0.624. The molecule has 2 aliphatic carbocycles. The average molecular weight is 124 g/mol. The predicted molar refractivity (Wildman–Crippen MR) is 31.9 cm³/mol. The predicted octanol–water partition coefficient (Wildman–Crippen LogP) is 0.893. The quantitative estimate of drug-likeness (QED) is 0.527. The summed E-state index contributed by atoms with van der Waals surface area (Å²) in [6, 6.07) is 0. The largest absolute Gasteiger partial charge is 0.481 e. The fraction of sp³-hybridized carbons (Fsp3) is 0.571. The Balaban J connectivity index is 2.06. The molecule has 2 aliphatic rings. The summed E-state index contributed by atoms with van der Waals surface area (Å²) in [5, 5.41) is 8.52. The molecule has 0 saturated heterocycles. The van der Waals surface area contributed by atoms with Crippen molar-refractivity contribution in [2.24, 2.45) is 17.8 Å². The Labute approximate surface area is 53.2 Å². The van der Waals surface area contributed by atoms with Gasteiger partial charge in [-0.3, -0.25) is 4.79 Å². The molecule has 0 aromatic heterocycles. The van der Waals surface area contributed by atoms with Crippen molar-refractivity contribution >= 4 is 5.97 Å². The Morgan fingerprint density at radius 2 is 2.33 bits per heavy atom. The zero-order valence-corrected chi connectivity index (χ0v) is 4.95. The van der Waals surface area contributed by atoms with Crippen molar-refractivity contribution in [2.75, 3.05) is 0 Å². The molecule has 1 fully saturated rings. The van der Waals surface area contributed by atoms with E-state index in [0.29, 0.717) is 11.8 Å². The number of carboxylic acid groups (broad SMARTS) is 1. The molecule has 0 aromatic carbocycles. The molecular weight excluding hydrogens is 116 g/mol. The lowest BCUT2D eigenvalue weighted by Gasteiger charge is -2.44. The molecule has 0 aromatic rings. The molecule has 0 spiro atoms. The Kier molecular flexibility index (Phi) is 0.770. The minimum Gasteiger partial charge on any atom is -0.481 e. The van der Waals surface area contributed by atoms with E-state index in [1.807, 2.05) is 6.08 Å². The van der Waals surface area contributed by atoms with E-state index in [2.05, 4.69) is 6.08 Å². The van der Waals surface area contributed by atoms with Gasteiger partial charge in [0.15, 0.2) is 0 Å². The van der Waals surface area contributed by atoms with Crippen molar-refractivity contribution in [3.63, 3.8) is 0 Å². The van der Waals surface area contributed by atoms with Crippen LogP contribution < -0.4 is 0 Å². The lowest BCUT2D eigenvalue weighted by atomic mass is 9.58. The van der Waals surface area contributed by atoms with Crippen molar-refractivity contribution in [3.8, 4) is 0 Å². The molecule has 3 atom stereocenters. The van der Waals surface area contributed by atoms with Crippen LogP contribution in [0.25, 0.3) is 0 Å². The molecule has 48 valence electrons. The first-order chi connectivity index (χ1) is 4.29. The normalized spacial score (nSPS) is 44.7. The summed E-state index contributed by atoms with van der Waals surface area (Å²) >= 11 is 0. The topological polar surface area (TPSA) is 37.3 Å². The van der Waals surface area contributed by atoms with E-state index in [1.54, 1.807) is 0 Å². The van der Waals surface area contributed by atoms with Gasteiger partial charge in [0.25, 0.3) is 0 Å². The summed E-state index contributed by atoms with van der Waals surface area (Å²) in [4.78, 5) is 10.3.